The van der Waals surface area contributed by atoms with Crippen LogP contribution in [-0.2, 0) is 6.54 Å². The Bertz CT molecular complexity index is 937. The van der Waals surface area contributed by atoms with Crippen molar-refractivity contribution >= 4 is 5.91 Å². The van der Waals surface area contributed by atoms with Crippen LogP contribution >= 0.6 is 0 Å². The number of carbonyl (C=O) groups is 1. The van der Waals surface area contributed by atoms with E-state index < -0.39 is 6.10 Å². The van der Waals surface area contributed by atoms with E-state index in [1.807, 2.05) is 41.2 Å². The van der Waals surface area contributed by atoms with Crippen LogP contribution in [-0.4, -0.2) is 49.8 Å². The van der Waals surface area contributed by atoms with Crippen LogP contribution in [0.1, 0.15) is 23.3 Å². The van der Waals surface area contributed by atoms with Gasteiger partial charge in [-0.05, 0) is 43.0 Å². The molecule has 0 radical (unpaired) electrons. The van der Waals surface area contributed by atoms with Crippen LogP contribution in [0.15, 0.2) is 55.0 Å². The molecule has 1 saturated carbocycles. The van der Waals surface area contributed by atoms with E-state index in [1.165, 1.54) is 0 Å². The summed E-state index contributed by atoms with van der Waals surface area (Å²) < 4.78 is 8.79. The van der Waals surface area contributed by atoms with Crippen molar-refractivity contribution in [2.75, 3.05) is 7.11 Å². The first kappa shape index (κ1) is 18.2. The first-order valence-electron chi connectivity index (χ1n) is 9.29. The number of aliphatic hydroxyl groups is 1. The lowest BCUT2D eigenvalue weighted by molar-refractivity contribution is 0.0865. The lowest BCUT2D eigenvalue weighted by Gasteiger charge is -2.17. The van der Waals surface area contributed by atoms with Crippen molar-refractivity contribution in [1.82, 2.24) is 24.9 Å². The highest BCUT2D eigenvalue weighted by atomic mass is 16.5. The standard InChI is InChI=1S/C20H23N5O3/c1-28-19-6-3-2-5-16(19)25-17(7-9-22-25)20(27)23-15-11-14(12-18(15)26)13-24-10-4-8-21-24/h2-10,14-15,18,26H,11-13H2,1H3,(H,23,27)/t14?,15-,18-/m1/s1. The molecule has 0 saturated heterocycles. The minimum atomic E-state index is -0.577. The molecule has 1 aromatic carbocycles. The molecule has 1 fully saturated rings. The van der Waals surface area contributed by atoms with Gasteiger partial charge in [0.25, 0.3) is 5.91 Å². The molecule has 1 amide bonds. The summed E-state index contributed by atoms with van der Waals surface area (Å²) in [4.78, 5) is 12.9. The molecule has 0 bridgehead atoms. The molecule has 146 valence electrons. The molecule has 2 heterocycles. The van der Waals surface area contributed by atoms with Gasteiger partial charge in [0.05, 0.1) is 25.5 Å². The van der Waals surface area contributed by atoms with Crippen LogP contribution < -0.4 is 10.1 Å². The first-order chi connectivity index (χ1) is 13.7. The molecule has 3 aromatic rings. The fraction of sp³-hybridized carbons (Fsp3) is 0.350. The number of aliphatic hydroxyl groups excluding tert-OH is 1. The summed E-state index contributed by atoms with van der Waals surface area (Å²) in [6.07, 6.45) is 5.99. The van der Waals surface area contributed by atoms with Crippen LogP contribution in [0.25, 0.3) is 5.69 Å². The number of aromatic nitrogens is 4. The summed E-state index contributed by atoms with van der Waals surface area (Å²) in [5.41, 5.74) is 1.08. The first-order valence-corrected chi connectivity index (χ1v) is 9.29. The van der Waals surface area contributed by atoms with Gasteiger partial charge in [-0.15, -0.1) is 0 Å². The third kappa shape index (κ3) is 3.63. The van der Waals surface area contributed by atoms with Crippen molar-refractivity contribution in [3.8, 4) is 11.4 Å². The minimum Gasteiger partial charge on any atom is -0.494 e. The van der Waals surface area contributed by atoms with E-state index in [-0.39, 0.29) is 17.9 Å². The Labute approximate surface area is 162 Å². The molecular formula is C20H23N5O3. The average molecular weight is 381 g/mol. The van der Waals surface area contributed by atoms with Gasteiger partial charge in [-0.2, -0.15) is 10.2 Å². The minimum absolute atomic E-state index is 0.263. The van der Waals surface area contributed by atoms with Crippen molar-refractivity contribution in [3.05, 3.63) is 60.7 Å². The summed E-state index contributed by atoms with van der Waals surface area (Å²) in [7, 11) is 1.58. The Balaban J connectivity index is 1.47. The Morgan fingerprint density at radius 3 is 2.86 bits per heavy atom. The molecule has 0 aliphatic heterocycles. The highest BCUT2D eigenvalue weighted by molar-refractivity contribution is 5.93. The van der Waals surface area contributed by atoms with Crippen LogP contribution in [0.2, 0.25) is 0 Å². The maximum atomic E-state index is 12.9. The number of para-hydroxylation sites is 2. The van der Waals surface area contributed by atoms with Gasteiger partial charge in [-0.1, -0.05) is 12.1 Å². The molecule has 28 heavy (non-hydrogen) atoms. The van der Waals surface area contributed by atoms with Gasteiger partial charge in [0.1, 0.15) is 17.1 Å². The molecule has 1 aliphatic carbocycles. The van der Waals surface area contributed by atoms with E-state index in [0.717, 1.165) is 6.54 Å². The van der Waals surface area contributed by atoms with E-state index in [2.05, 4.69) is 15.5 Å². The van der Waals surface area contributed by atoms with Gasteiger partial charge < -0.3 is 15.2 Å². The third-order valence-electron chi connectivity index (χ3n) is 5.14. The molecule has 1 aliphatic rings. The van der Waals surface area contributed by atoms with Crippen LogP contribution in [0.4, 0.5) is 0 Å². The number of amides is 1. The van der Waals surface area contributed by atoms with E-state index in [0.29, 0.717) is 30.0 Å². The quantitative estimate of drug-likeness (QED) is 0.677. The van der Waals surface area contributed by atoms with E-state index in [4.69, 9.17) is 4.74 Å². The van der Waals surface area contributed by atoms with Crippen molar-refractivity contribution in [2.45, 2.75) is 31.5 Å². The Morgan fingerprint density at radius 1 is 1.21 bits per heavy atom. The largest absolute Gasteiger partial charge is 0.494 e. The van der Waals surface area contributed by atoms with Crippen molar-refractivity contribution in [1.29, 1.82) is 0 Å². The van der Waals surface area contributed by atoms with Crippen LogP contribution in [0.3, 0.4) is 0 Å². The second-order valence-corrected chi connectivity index (χ2v) is 7.01. The number of benzene rings is 1. The van der Waals surface area contributed by atoms with Crippen LogP contribution in [0, 0.1) is 5.92 Å². The Kier molecular flexibility index (Phi) is 5.12. The average Bonchev–Trinajstić information content (AvgIpc) is 3.44. The summed E-state index contributed by atoms with van der Waals surface area (Å²) in [5.74, 6) is 0.618. The summed E-state index contributed by atoms with van der Waals surface area (Å²) in [5, 5.41) is 21.9. The maximum absolute atomic E-state index is 12.9. The zero-order valence-corrected chi connectivity index (χ0v) is 15.6. The highest BCUT2D eigenvalue weighted by Crippen LogP contribution is 2.28. The van der Waals surface area contributed by atoms with Gasteiger partial charge in [-0.3, -0.25) is 9.48 Å². The SMILES string of the molecule is COc1ccccc1-n1nccc1C(=O)N[C@@H]1CC(Cn2cccn2)C[C@H]1O. The van der Waals surface area contributed by atoms with Gasteiger partial charge in [-0.25, -0.2) is 4.68 Å². The van der Waals surface area contributed by atoms with Gasteiger partial charge in [0.2, 0.25) is 0 Å². The zero-order valence-electron chi connectivity index (χ0n) is 15.6. The van der Waals surface area contributed by atoms with E-state index in [9.17, 15) is 9.90 Å². The van der Waals surface area contributed by atoms with Crippen molar-refractivity contribution in [2.24, 2.45) is 5.92 Å². The third-order valence-corrected chi connectivity index (χ3v) is 5.14. The monoisotopic (exact) mass is 381 g/mol. The molecule has 2 N–H and O–H groups in total. The second kappa shape index (κ2) is 7.85. The number of ether oxygens (including phenoxy) is 1. The summed E-state index contributed by atoms with van der Waals surface area (Å²) >= 11 is 0. The highest BCUT2D eigenvalue weighted by Gasteiger charge is 2.34. The number of methoxy groups -OCH3 is 1. The molecule has 8 nitrogen and oxygen atoms in total. The van der Waals surface area contributed by atoms with E-state index >= 15 is 0 Å². The predicted molar refractivity (Wildman–Crippen MR) is 102 cm³/mol. The lowest BCUT2D eigenvalue weighted by Crippen LogP contribution is -2.40. The normalized spacial score (nSPS) is 21.6. The zero-order chi connectivity index (χ0) is 19.5. The Morgan fingerprint density at radius 2 is 2.07 bits per heavy atom. The number of nitrogens with one attached hydrogen (secondary N) is 1. The van der Waals surface area contributed by atoms with Gasteiger partial charge >= 0.3 is 0 Å². The van der Waals surface area contributed by atoms with Crippen molar-refractivity contribution < 1.29 is 14.6 Å². The maximum Gasteiger partial charge on any atom is 0.270 e. The number of rotatable bonds is 6. The van der Waals surface area contributed by atoms with Crippen molar-refractivity contribution in [3.63, 3.8) is 0 Å². The number of carbonyl (C=O) groups excluding carboxylic acids is 1. The van der Waals surface area contributed by atoms with Crippen LogP contribution in [0.5, 0.6) is 5.75 Å². The number of hydrogen-bond donors (Lipinski definition) is 2. The fourth-order valence-corrected chi connectivity index (χ4v) is 3.81. The molecule has 0 spiro atoms. The predicted octanol–water partition coefficient (Wildman–Crippen LogP) is 1.65. The molecule has 8 heteroatoms. The van der Waals surface area contributed by atoms with Gasteiger partial charge in [0.15, 0.2) is 0 Å². The fourth-order valence-electron chi connectivity index (χ4n) is 3.81. The summed E-state index contributed by atoms with van der Waals surface area (Å²) in [6.45, 7) is 0.732. The molecule has 1 unspecified atom stereocenters. The topological polar surface area (TPSA) is 94.2 Å². The lowest BCUT2D eigenvalue weighted by atomic mass is 10.1. The molecule has 3 atom stereocenters. The molecule has 2 aromatic heterocycles. The smallest absolute Gasteiger partial charge is 0.270 e. The second-order valence-electron chi connectivity index (χ2n) is 7.01. The summed E-state index contributed by atoms with van der Waals surface area (Å²) in [6, 6.07) is 10.6. The molecule has 4 rings (SSSR count). The Hall–Kier alpha value is -3.13. The number of nitrogens with zero attached hydrogens (tertiary/aromatic N) is 4. The molecular weight excluding hydrogens is 358 g/mol. The van der Waals surface area contributed by atoms with E-state index in [1.54, 1.807) is 30.3 Å². The number of hydrogen-bond acceptors (Lipinski definition) is 5. The van der Waals surface area contributed by atoms with Gasteiger partial charge in [0, 0.05) is 18.9 Å².